The van der Waals surface area contributed by atoms with Gasteiger partial charge in [0, 0.05) is 17.4 Å². The monoisotopic (exact) mass is 343 g/mol. The number of aryl methyl sites for hydroxylation is 1. The Bertz CT molecular complexity index is 547. The number of rotatable bonds is 3. The van der Waals surface area contributed by atoms with E-state index < -0.39 is 5.97 Å². The molecular weight excluding hydrogens is 330 g/mol. The summed E-state index contributed by atoms with van der Waals surface area (Å²) in [7, 11) is 0. The molecule has 1 aromatic carbocycles. The third-order valence-electron chi connectivity index (χ3n) is 3.17. The summed E-state index contributed by atoms with van der Waals surface area (Å²) in [5.41, 5.74) is 1.44. The van der Waals surface area contributed by atoms with Crippen LogP contribution in [0.3, 0.4) is 0 Å². The van der Waals surface area contributed by atoms with Crippen molar-refractivity contribution < 1.29 is 14.7 Å². The lowest BCUT2D eigenvalue weighted by molar-refractivity contribution is -0.117. The predicted molar refractivity (Wildman–Crippen MR) is 80.2 cm³/mol. The van der Waals surface area contributed by atoms with E-state index in [0.717, 1.165) is 5.56 Å². The minimum absolute atomic E-state index is 0.0499. The molecule has 1 aliphatic rings. The van der Waals surface area contributed by atoms with Crippen molar-refractivity contribution in [2.45, 2.75) is 13.3 Å². The highest BCUT2D eigenvalue weighted by Crippen LogP contribution is 2.36. The minimum Gasteiger partial charge on any atom is -0.478 e. The molecule has 6 heteroatoms. The highest BCUT2D eigenvalue weighted by molar-refractivity contribution is 9.10. The van der Waals surface area contributed by atoms with Gasteiger partial charge in [0.15, 0.2) is 0 Å². The molecule has 1 saturated heterocycles. The molecule has 1 atom stereocenters. The quantitative estimate of drug-likeness (QED) is 0.829. The molecule has 0 radical (unpaired) electrons. The summed E-state index contributed by atoms with van der Waals surface area (Å²) in [5.74, 6) is -0.285. The van der Waals surface area contributed by atoms with E-state index in [2.05, 4.69) is 28.6 Å². The number of anilines is 1. The summed E-state index contributed by atoms with van der Waals surface area (Å²) in [6, 6.07) is 3.41. The highest BCUT2D eigenvalue weighted by atomic mass is 79.9. The van der Waals surface area contributed by atoms with Crippen molar-refractivity contribution in [3.63, 3.8) is 0 Å². The Morgan fingerprint density at radius 2 is 2.26 bits per heavy atom. The van der Waals surface area contributed by atoms with Gasteiger partial charge >= 0.3 is 5.97 Å². The van der Waals surface area contributed by atoms with Crippen LogP contribution >= 0.6 is 28.6 Å². The SMILES string of the molecule is Cc1cc(Br)c(N2CC(CS)CC2=O)c(C(=O)O)c1. The Labute approximate surface area is 125 Å². The van der Waals surface area contributed by atoms with Crippen molar-refractivity contribution in [2.75, 3.05) is 17.2 Å². The zero-order chi connectivity index (χ0) is 14.2. The second-order valence-electron chi connectivity index (χ2n) is 4.71. The molecule has 4 nitrogen and oxygen atoms in total. The van der Waals surface area contributed by atoms with Crippen molar-refractivity contribution in [3.8, 4) is 0 Å². The van der Waals surface area contributed by atoms with E-state index in [1.807, 2.05) is 13.0 Å². The number of hydrogen-bond acceptors (Lipinski definition) is 3. The largest absolute Gasteiger partial charge is 0.478 e. The van der Waals surface area contributed by atoms with Crippen LogP contribution in [0.1, 0.15) is 22.3 Å². The van der Waals surface area contributed by atoms with Crippen LogP contribution in [0.5, 0.6) is 0 Å². The van der Waals surface area contributed by atoms with E-state index in [-0.39, 0.29) is 17.4 Å². The standard InChI is InChI=1S/C13H14BrNO3S/c1-7-2-9(13(17)18)12(10(14)3-7)15-5-8(6-19)4-11(15)16/h2-3,8,19H,4-6H2,1H3,(H,17,18). The van der Waals surface area contributed by atoms with Crippen molar-refractivity contribution in [2.24, 2.45) is 5.92 Å². The van der Waals surface area contributed by atoms with E-state index in [4.69, 9.17) is 0 Å². The van der Waals surface area contributed by atoms with Crippen LogP contribution in [0.25, 0.3) is 0 Å². The van der Waals surface area contributed by atoms with E-state index in [1.165, 1.54) is 0 Å². The normalized spacial score (nSPS) is 19.0. The first-order chi connectivity index (χ1) is 8.93. The van der Waals surface area contributed by atoms with Crippen molar-refractivity contribution in [1.82, 2.24) is 0 Å². The average Bonchev–Trinajstić information content (AvgIpc) is 2.69. The second kappa shape index (κ2) is 5.54. The summed E-state index contributed by atoms with van der Waals surface area (Å²) in [6.07, 6.45) is 0.420. The summed E-state index contributed by atoms with van der Waals surface area (Å²) < 4.78 is 0.637. The molecule has 0 bridgehead atoms. The van der Waals surface area contributed by atoms with Gasteiger partial charge in [-0.15, -0.1) is 0 Å². The van der Waals surface area contributed by atoms with Crippen LogP contribution in [0.4, 0.5) is 5.69 Å². The molecule has 1 N–H and O–H groups in total. The van der Waals surface area contributed by atoms with Gasteiger partial charge in [-0.2, -0.15) is 12.6 Å². The Balaban J connectivity index is 2.50. The molecule has 1 amide bonds. The number of halogens is 1. The zero-order valence-corrected chi connectivity index (χ0v) is 12.9. The molecule has 2 rings (SSSR count). The first-order valence-electron chi connectivity index (χ1n) is 5.88. The van der Waals surface area contributed by atoms with Gasteiger partial charge in [-0.1, -0.05) is 0 Å². The third kappa shape index (κ3) is 2.79. The molecule has 0 spiro atoms. The maximum atomic E-state index is 12.0. The summed E-state index contributed by atoms with van der Waals surface area (Å²) in [4.78, 5) is 25.0. The lowest BCUT2D eigenvalue weighted by Crippen LogP contribution is -2.27. The van der Waals surface area contributed by atoms with Gasteiger partial charge < -0.3 is 10.0 Å². The second-order valence-corrected chi connectivity index (χ2v) is 5.92. The van der Waals surface area contributed by atoms with Gasteiger partial charge in [-0.3, -0.25) is 4.79 Å². The van der Waals surface area contributed by atoms with E-state index >= 15 is 0 Å². The van der Waals surface area contributed by atoms with Gasteiger partial charge in [0.05, 0.1) is 11.3 Å². The summed E-state index contributed by atoms with van der Waals surface area (Å²) >= 11 is 7.58. The zero-order valence-electron chi connectivity index (χ0n) is 10.4. The smallest absolute Gasteiger partial charge is 0.337 e. The highest BCUT2D eigenvalue weighted by Gasteiger charge is 2.33. The maximum absolute atomic E-state index is 12.0. The van der Waals surface area contributed by atoms with Crippen LogP contribution in [0.2, 0.25) is 0 Å². The molecule has 0 saturated carbocycles. The Hall–Kier alpha value is -1.01. The number of carbonyl (C=O) groups excluding carboxylic acids is 1. The Morgan fingerprint density at radius 1 is 1.58 bits per heavy atom. The molecule has 102 valence electrons. The van der Waals surface area contributed by atoms with E-state index in [9.17, 15) is 14.7 Å². The molecule has 1 unspecified atom stereocenters. The molecular formula is C13H14BrNO3S. The van der Waals surface area contributed by atoms with Crippen molar-refractivity contribution >= 4 is 46.1 Å². The van der Waals surface area contributed by atoms with Crippen LogP contribution in [-0.4, -0.2) is 29.3 Å². The Kier molecular flexibility index (Phi) is 4.20. The fraction of sp³-hybridized carbons (Fsp3) is 0.385. The van der Waals surface area contributed by atoms with Gasteiger partial charge in [-0.25, -0.2) is 4.79 Å². The van der Waals surface area contributed by atoms with Gasteiger partial charge in [0.25, 0.3) is 0 Å². The molecule has 1 heterocycles. The number of carbonyl (C=O) groups is 2. The van der Waals surface area contributed by atoms with E-state index in [0.29, 0.717) is 28.9 Å². The van der Waals surface area contributed by atoms with Crippen molar-refractivity contribution in [1.29, 1.82) is 0 Å². The van der Waals surface area contributed by atoms with E-state index in [1.54, 1.807) is 11.0 Å². The molecule has 0 aliphatic carbocycles. The molecule has 19 heavy (non-hydrogen) atoms. The van der Waals surface area contributed by atoms with Gasteiger partial charge in [-0.05, 0) is 52.2 Å². The van der Waals surface area contributed by atoms with Crippen LogP contribution in [0, 0.1) is 12.8 Å². The van der Waals surface area contributed by atoms with Gasteiger partial charge in [0.2, 0.25) is 5.91 Å². The summed E-state index contributed by atoms with van der Waals surface area (Å²) in [5, 5.41) is 9.31. The average molecular weight is 344 g/mol. The first-order valence-corrected chi connectivity index (χ1v) is 7.31. The molecule has 1 fully saturated rings. The van der Waals surface area contributed by atoms with Crippen LogP contribution < -0.4 is 4.90 Å². The number of carboxylic acid groups (broad SMARTS) is 1. The number of carboxylic acids is 1. The number of amides is 1. The maximum Gasteiger partial charge on any atom is 0.337 e. The molecule has 1 aliphatic heterocycles. The van der Waals surface area contributed by atoms with Crippen LogP contribution in [-0.2, 0) is 4.79 Å². The molecule has 0 aromatic heterocycles. The number of benzene rings is 1. The number of hydrogen-bond donors (Lipinski definition) is 2. The number of aromatic carboxylic acids is 1. The number of nitrogens with zero attached hydrogens (tertiary/aromatic N) is 1. The fourth-order valence-electron chi connectivity index (χ4n) is 2.29. The topological polar surface area (TPSA) is 57.6 Å². The number of thiol groups is 1. The predicted octanol–water partition coefficient (Wildman–Crippen LogP) is 2.74. The fourth-order valence-corrected chi connectivity index (χ4v) is 3.33. The first kappa shape index (κ1) is 14.4. The lowest BCUT2D eigenvalue weighted by Gasteiger charge is -2.21. The van der Waals surface area contributed by atoms with Crippen LogP contribution in [0.15, 0.2) is 16.6 Å². The van der Waals surface area contributed by atoms with Crippen molar-refractivity contribution in [3.05, 3.63) is 27.7 Å². The third-order valence-corrected chi connectivity index (χ3v) is 4.29. The summed E-state index contributed by atoms with van der Waals surface area (Å²) in [6.45, 7) is 2.34. The molecule has 1 aromatic rings. The minimum atomic E-state index is -1.03. The Morgan fingerprint density at radius 3 is 2.79 bits per heavy atom. The lowest BCUT2D eigenvalue weighted by atomic mass is 10.1. The van der Waals surface area contributed by atoms with Gasteiger partial charge in [0.1, 0.15) is 0 Å².